The van der Waals surface area contributed by atoms with Gasteiger partial charge in [-0.2, -0.15) is 0 Å². The van der Waals surface area contributed by atoms with Gasteiger partial charge in [-0.15, -0.1) is 11.8 Å². The quantitative estimate of drug-likeness (QED) is 0.239. The Labute approximate surface area is 50.9 Å². The average Bonchev–Trinajstić information content (AvgIpc) is 1.83. The minimum Gasteiger partial charge on any atom is -0.411 e. The summed E-state index contributed by atoms with van der Waals surface area (Å²) in [5.74, 6) is 0. The maximum absolute atomic E-state index is 8.02. The molecule has 0 aromatic carbocycles. The van der Waals surface area contributed by atoms with Crippen LogP contribution in [-0.2, 0) is 0 Å². The average molecular weight is 134 g/mol. The zero-order valence-electron chi connectivity index (χ0n) is 4.27. The number of thioether (sulfide) groups is 1. The van der Waals surface area contributed by atoms with Crippen LogP contribution in [0.3, 0.4) is 0 Å². The van der Waals surface area contributed by atoms with E-state index in [1.807, 2.05) is 0 Å². The fourth-order valence-electron chi connectivity index (χ4n) is 0.169. The second-order valence-electron chi connectivity index (χ2n) is 0.887. The van der Waals surface area contributed by atoms with E-state index >= 15 is 0 Å². The molecule has 0 amide bonds. The topological polar surface area (TPSA) is 65.2 Å². The zero-order valence-corrected chi connectivity index (χ0v) is 5.09. The predicted molar refractivity (Wildman–Crippen MR) is 33.0 cm³/mol. The van der Waals surface area contributed by atoms with Gasteiger partial charge in [-0.1, -0.05) is 10.3 Å². The summed E-state index contributed by atoms with van der Waals surface area (Å²) in [4.78, 5) is 0. The van der Waals surface area contributed by atoms with Gasteiger partial charge in [0.1, 0.15) is 6.21 Å². The molecule has 0 aliphatic rings. The molecular weight excluding hydrogens is 128 g/mol. The highest BCUT2D eigenvalue weighted by Gasteiger charge is 1.87. The third kappa shape index (κ3) is 2.46. The molecular formula is C3H6N2O2S. The molecule has 0 saturated heterocycles. The highest BCUT2D eigenvalue weighted by molar-refractivity contribution is 8.14. The minimum absolute atomic E-state index is 0.271. The Kier molecular flexibility index (Phi) is 4.05. The molecule has 0 radical (unpaired) electrons. The van der Waals surface area contributed by atoms with Gasteiger partial charge in [0, 0.05) is 0 Å². The molecule has 8 heavy (non-hydrogen) atoms. The minimum atomic E-state index is 0.271. The highest BCUT2D eigenvalue weighted by Crippen LogP contribution is 1.92. The third-order valence-electron chi connectivity index (χ3n) is 0.476. The van der Waals surface area contributed by atoms with E-state index in [1.54, 1.807) is 6.26 Å². The van der Waals surface area contributed by atoms with Crippen molar-refractivity contribution in [1.82, 2.24) is 0 Å². The molecule has 0 rings (SSSR count). The van der Waals surface area contributed by atoms with E-state index in [0.29, 0.717) is 0 Å². The Hall–Kier alpha value is -0.710. The number of oxime groups is 2. The van der Waals surface area contributed by atoms with Crippen LogP contribution >= 0.6 is 11.8 Å². The normalized spacial score (nSPS) is 12.9. The standard InChI is InChI=1S/C3H6N2O2S/c1-8-3(5-7)2-4-6/h2,6-7H,1H3. The molecule has 0 atom stereocenters. The molecule has 4 nitrogen and oxygen atoms in total. The SMILES string of the molecule is CSC(C=NO)=NO. The van der Waals surface area contributed by atoms with Crippen molar-refractivity contribution in [2.45, 2.75) is 0 Å². The van der Waals surface area contributed by atoms with Crippen molar-refractivity contribution < 1.29 is 10.4 Å². The van der Waals surface area contributed by atoms with Gasteiger partial charge >= 0.3 is 0 Å². The molecule has 0 unspecified atom stereocenters. The van der Waals surface area contributed by atoms with Gasteiger partial charge in [0.05, 0.1) is 0 Å². The van der Waals surface area contributed by atoms with Crippen molar-refractivity contribution in [2.24, 2.45) is 10.3 Å². The molecule has 0 heterocycles. The highest BCUT2D eigenvalue weighted by atomic mass is 32.2. The Balaban J connectivity index is 3.72. The number of nitrogens with zero attached hydrogens (tertiary/aromatic N) is 2. The smallest absolute Gasteiger partial charge is 0.157 e. The summed E-state index contributed by atoms with van der Waals surface area (Å²) in [6, 6.07) is 0. The Morgan fingerprint density at radius 2 is 2.25 bits per heavy atom. The summed E-state index contributed by atoms with van der Waals surface area (Å²) in [5, 5.41) is 21.6. The maximum Gasteiger partial charge on any atom is 0.157 e. The molecule has 0 spiro atoms. The van der Waals surface area contributed by atoms with Crippen LogP contribution in [0.4, 0.5) is 0 Å². The largest absolute Gasteiger partial charge is 0.411 e. The molecule has 2 N–H and O–H groups in total. The van der Waals surface area contributed by atoms with Gasteiger partial charge in [0.15, 0.2) is 5.04 Å². The number of hydrogen-bond acceptors (Lipinski definition) is 5. The van der Waals surface area contributed by atoms with Crippen LogP contribution in [0.25, 0.3) is 0 Å². The fraction of sp³-hybridized carbons (Fsp3) is 0.333. The molecule has 0 fully saturated rings. The van der Waals surface area contributed by atoms with Crippen molar-refractivity contribution in [3.8, 4) is 0 Å². The van der Waals surface area contributed by atoms with Gasteiger partial charge in [-0.05, 0) is 6.26 Å². The summed E-state index contributed by atoms with van der Waals surface area (Å²) < 4.78 is 0. The van der Waals surface area contributed by atoms with Crippen molar-refractivity contribution in [3.63, 3.8) is 0 Å². The van der Waals surface area contributed by atoms with Crippen LogP contribution in [0.2, 0.25) is 0 Å². The van der Waals surface area contributed by atoms with Crippen LogP contribution in [0, 0.1) is 0 Å². The lowest BCUT2D eigenvalue weighted by atomic mass is 10.8. The zero-order chi connectivity index (χ0) is 6.41. The molecule has 46 valence electrons. The van der Waals surface area contributed by atoms with Crippen molar-refractivity contribution >= 4 is 23.0 Å². The Bertz CT molecular complexity index is 109. The van der Waals surface area contributed by atoms with E-state index in [2.05, 4.69) is 10.3 Å². The van der Waals surface area contributed by atoms with Crippen LogP contribution in [0.1, 0.15) is 0 Å². The Morgan fingerprint density at radius 3 is 2.38 bits per heavy atom. The van der Waals surface area contributed by atoms with Gasteiger partial charge in [-0.25, -0.2) is 0 Å². The van der Waals surface area contributed by atoms with Gasteiger partial charge in [0.25, 0.3) is 0 Å². The van der Waals surface area contributed by atoms with E-state index in [1.165, 1.54) is 11.8 Å². The lowest BCUT2D eigenvalue weighted by molar-refractivity contribution is 0.317. The van der Waals surface area contributed by atoms with Gasteiger partial charge in [-0.3, -0.25) is 0 Å². The second kappa shape index (κ2) is 4.45. The fourth-order valence-corrected chi connectivity index (χ4v) is 0.403. The summed E-state index contributed by atoms with van der Waals surface area (Å²) in [6.45, 7) is 0. The van der Waals surface area contributed by atoms with E-state index in [4.69, 9.17) is 10.4 Å². The van der Waals surface area contributed by atoms with Gasteiger partial charge in [0.2, 0.25) is 0 Å². The van der Waals surface area contributed by atoms with Crippen LogP contribution < -0.4 is 0 Å². The summed E-state index contributed by atoms with van der Waals surface area (Å²) in [7, 11) is 0. The first-order valence-electron chi connectivity index (χ1n) is 1.78. The lowest BCUT2D eigenvalue weighted by Crippen LogP contribution is -1.90. The first-order valence-corrected chi connectivity index (χ1v) is 3.01. The molecule has 0 aliphatic carbocycles. The molecule has 0 aromatic rings. The molecule has 0 aliphatic heterocycles. The van der Waals surface area contributed by atoms with E-state index < -0.39 is 0 Å². The summed E-state index contributed by atoms with van der Waals surface area (Å²) >= 11 is 1.19. The summed E-state index contributed by atoms with van der Waals surface area (Å²) in [6.07, 6.45) is 2.75. The van der Waals surface area contributed by atoms with Crippen molar-refractivity contribution in [1.29, 1.82) is 0 Å². The van der Waals surface area contributed by atoms with Crippen LogP contribution in [0.15, 0.2) is 10.3 Å². The number of hydrogen-bond donors (Lipinski definition) is 2. The third-order valence-corrected chi connectivity index (χ3v) is 1.08. The predicted octanol–water partition coefficient (Wildman–Crippen LogP) is 0.597. The first kappa shape index (κ1) is 7.29. The van der Waals surface area contributed by atoms with Crippen LogP contribution in [-0.4, -0.2) is 27.9 Å². The molecule has 0 saturated carbocycles. The second-order valence-corrected chi connectivity index (χ2v) is 1.71. The molecule has 5 heteroatoms. The molecule has 0 bridgehead atoms. The first-order chi connectivity index (χ1) is 3.85. The van der Waals surface area contributed by atoms with Crippen molar-refractivity contribution in [2.75, 3.05) is 6.26 Å². The number of rotatable bonds is 1. The van der Waals surface area contributed by atoms with Gasteiger partial charge < -0.3 is 10.4 Å². The van der Waals surface area contributed by atoms with Crippen LogP contribution in [0.5, 0.6) is 0 Å². The van der Waals surface area contributed by atoms with E-state index in [0.717, 1.165) is 6.21 Å². The van der Waals surface area contributed by atoms with E-state index in [9.17, 15) is 0 Å². The van der Waals surface area contributed by atoms with Crippen molar-refractivity contribution in [3.05, 3.63) is 0 Å². The maximum atomic E-state index is 8.02. The Morgan fingerprint density at radius 1 is 1.62 bits per heavy atom. The lowest BCUT2D eigenvalue weighted by Gasteiger charge is -1.84. The molecule has 0 aromatic heterocycles. The van der Waals surface area contributed by atoms with E-state index in [-0.39, 0.29) is 5.04 Å². The monoisotopic (exact) mass is 134 g/mol. The summed E-state index contributed by atoms with van der Waals surface area (Å²) in [5.41, 5.74) is 0.